The minimum atomic E-state index is -0.647. The molecule has 27 heavy (non-hydrogen) atoms. The lowest BCUT2D eigenvalue weighted by atomic mass is 10.2. The van der Waals surface area contributed by atoms with E-state index < -0.39 is 5.97 Å². The number of ketones is 1. The molecule has 1 N–H and O–H groups in total. The summed E-state index contributed by atoms with van der Waals surface area (Å²) in [7, 11) is 1.64. The van der Waals surface area contributed by atoms with Crippen LogP contribution in [-0.2, 0) is 23.0 Å². The Kier molecular flexibility index (Phi) is 5.66. The highest BCUT2D eigenvalue weighted by atomic mass is 32.1. The average molecular weight is 385 g/mol. The lowest BCUT2D eigenvalue weighted by molar-refractivity contribution is -0.124. The smallest absolute Gasteiger partial charge is 0.355 e. The molecule has 0 saturated heterocycles. The zero-order valence-electron chi connectivity index (χ0n) is 15.0. The summed E-state index contributed by atoms with van der Waals surface area (Å²) in [6, 6.07) is 9.32. The molecule has 7 nitrogen and oxygen atoms in total. The summed E-state index contributed by atoms with van der Waals surface area (Å²) in [5.74, 6) is -1.17. The minimum Gasteiger partial charge on any atom is -0.451 e. The van der Waals surface area contributed by atoms with Crippen LogP contribution >= 0.6 is 11.3 Å². The number of rotatable bonds is 7. The van der Waals surface area contributed by atoms with Gasteiger partial charge in [-0.25, -0.2) is 9.78 Å². The molecule has 0 aliphatic rings. The Hall–Kier alpha value is -3.00. The number of hydrogen-bond acceptors (Lipinski definition) is 6. The summed E-state index contributed by atoms with van der Waals surface area (Å²) in [6.07, 6.45) is 2.16. The predicted molar refractivity (Wildman–Crippen MR) is 102 cm³/mol. The Morgan fingerprint density at radius 3 is 2.74 bits per heavy atom. The first kappa shape index (κ1) is 18.8. The molecule has 3 rings (SSSR count). The highest BCUT2D eigenvalue weighted by Gasteiger charge is 2.16. The Morgan fingerprint density at radius 2 is 2.04 bits per heavy atom. The molecule has 1 aromatic carbocycles. The first-order valence-corrected chi connectivity index (χ1v) is 9.21. The van der Waals surface area contributed by atoms with Crippen molar-refractivity contribution in [3.63, 3.8) is 0 Å². The number of nitrogens with zero attached hydrogens (tertiary/aromatic N) is 2. The summed E-state index contributed by atoms with van der Waals surface area (Å²) < 4.78 is 7.63. The number of Topliss-reactive ketones (excluding diaryl/α,β-unsaturated/α-hetero) is 1. The van der Waals surface area contributed by atoms with Crippen LogP contribution in [-0.4, -0.2) is 40.4 Å². The maximum atomic E-state index is 12.1. The second-order valence-electron chi connectivity index (χ2n) is 6.03. The summed E-state index contributed by atoms with van der Waals surface area (Å²) in [6.45, 7) is 1.46. The van der Waals surface area contributed by atoms with Crippen molar-refractivity contribution in [2.45, 2.75) is 13.3 Å². The highest BCUT2D eigenvalue weighted by Crippen LogP contribution is 2.21. The molecule has 0 aliphatic carbocycles. The van der Waals surface area contributed by atoms with Gasteiger partial charge in [-0.1, -0.05) is 12.1 Å². The number of para-hydroxylation sites is 1. The van der Waals surface area contributed by atoms with Crippen molar-refractivity contribution in [2.75, 3.05) is 13.2 Å². The van der Waals surface area contributed by atoms with Crippen molar-refractivity contribution in [2.24, 2.45) is 7.05 Å². The summed E-state index contributed by atoms with van der Waals surface area (Å²) in [4.78, 5) is 39.8. The molecule has 0 atom stereocenters. The Balaban J connectivity index is 1.45. The molecular formula is C19H19N3O4S. The molecule has 0 radical (unpaired) electrons. The maximum Gasteiger partial charge on any atom is 0.355 e. The Morgan fingerprint density at radius 1 is 1.26 bits per heavy atom. The van der Waals surface area contributed by atoms with E-state index >= 15 is 0 Å². The number of fused-ring (bicyclic) bond motifs is 1. The van der Waals surface area contributed by atoms with E-state index in [4.69, 9.17) is 4.74 Å². The van der Waals surface area contributed by atoms with Gasteiger partial charge in [0.25, 0.3) is 5.91 Å². The molecule has 0 bridgehead atoms. The molecule has 0 saturated carbocycles. The van der Waals surface area contributed by atoms with E-state index in [1.807, 2.05) is 24.3 Å². The fraction of sp³-hybridized carbons (Fsp3) is 0.263. The van der Waals surface area contributed by atoms with E-state index in [2.05, 4.69) is 10.3 Å². The molecule has 0 unspecified atom stereocenters. The van der Waals surface area contributed by atoms with Crippen molar-refractivity contribution < 1.29 is 19.1 Å². The zero-order valence-corrected chi connectivity index (χ0v) is 15.8. The molecule has 8 heteroatoms. The molecule has 2 heterocycles. The van der Waals surface area contributed by atoms with Crippen molar-refractivity contribution in [1.82, 2.24) is 14.9 Å². The van der Waals surface area contributed by atoms with Crippen LogP contribution in [0.5, 0.6) is 0 Å². The first-order valence-electron chi connectivity index (χ1n) is 8.39. The van der Waals surface area contributed by atoms with E-state index in [0.717, 1.165) is 15.2 Å². The first-order chi connectivity index (χ1) is 12.9. The molecule has 3 aromatic rings. The third-order valence-corrected chi connectivity index (χ3v) is 5.05. The van der Waals surface area contributed by atoms with Crippen molar-refractivity contribution >= 4 is 39.2 Å². The average Bonchev–Trinajstić information content (AvgIpc) is 3.22. The lowest BCUT2D eigenvalue weighted by Gasteiger charge is -2.06. The fourth-order valence-electron chi connectivity index (χ4n) is 2.55. The van der Waals surface area contributed by atoms with Gasteiger partial charge >= 0.3 is 5.97 Å². The molecule has 0 fully saturated rings. The SMILES string of the molecule is CC(=O)c1cc(C(=O)OCC(=O)NCCc2nc3ccccc3s2)n(C)c1. The van der Waals surface area contributed by atoms with Crippen LogP contribution in [0, 0.1) is 0 Å². The number of esters is 1. The van der Waals surface area contributed by atoms with Gasteiger partial charge in [-0.3, -0.25) is 9.59 Å². The normalized spacial score (nSPS) is 10.7. The van der Waals surface area contributed by atoms with Crippen LogP contribution in [0.25, 0.3) is 10.2 Å². The maximum absolute atomic E-state index is 12.1. The molecule has 1 amide bonds. The molecule has 2 aromatic heterocycles. The van der Waals surface area contributed by atoms with E-state index in [9.17, 15) is 14.4 Å². The van der Waals surface area contributed by atoms with Crippen LogP contribution in [0.15, 0.2) is 36.5 Å². The summed E-state index contributed by atoms with van der Waals surface area (Å²) in [5.41, 5.74) is 1.59. The van der Waals surface area contributed by atoms with Gasteiger partial charge < -0.3 is 14.6 Å². The van der Waals surface area contributed by atoms with Gasteiger partial charge in [-0.05, 0) is 25.1 Å². The molecule has 140 valence electrons. The highest BCUT2D eigenvalue weighted by molar-refractivity contribution is 7.18. The second kappa shape index (κ2) is 8.13. The molecule has 0 spiro atoms. The monoisotopic (exact) mass is 385 g/mol. The minimum absolute atomic E-state index is 0.141. The number of thiazole rings is 1. The van der Waals surface area contributed by atoms with Gasteiger partial charge in [0.1, 0.15) is 5.69 Å². The largest absolute Gasteiger partial charge is 0.451 e. The Labute approximate surface area is 160 Å². The van der Waals surface area contributed by atoms with Crippen molar-refractivity contribution in [3.8, 4) is 0 Å². The van der Waals surface area contributed by atoms with E-state index in [1.165, 1.54) is 17.6 Å². The fourth-order valence-corrected chi connectivity index (χ4v) is 3.52. The molecular weight excluding hydrogens is 366 g/mol. The zero-order chi connectivity index (χ0) is 19.4. The third-order valence-electron chi connectivity index (χ3n) is 3.95. The number of carbonyl (C=O) groups excluding carboxylic acids is 3. The second-order valence-corrected chi connectivity index (χ2v) is 7.15. The number of amides is 1. The van der Waals surface area contributed by atoms with E-state index in [-0.39, 0.29) is 24.0 Å². The van der Waals surface area contributed by atoms with E-state index in [0.29, 0.717) is 18.5 Å². The van der Waals surface area contributed by atoms with E-state index in [1.54, 1.807) is 24.6 Å². The topological polar surface area (TPSA) is 90.3 Å². The van der Waals surface area contributed by atoms with Crippen LogP contribution in [0.4, 0.5) is 0 Å². The van der Waals surface area contributed by atoms with Crippen LogP contribution in [0.3, 0.4) is 0 Å². The summed E-state index contributed by atoms with van der Waals surface area (Å²) in [5, 5.41) is 3.65. The Bertz CT molecular complexity index is 972. The van der Waals surface area contributed by atoms with Gasteiger partial charge in [0.05, 0.1) is 15.2 Å². The lowest BCUT2D eigenvalue weighted by Crippen LogP contribution is -2.30. The van der Waals surface area contributed by atoms with Gasteiger partial charge in [0.2, 0.25) is 0 Å². The van der Waals surface area contributed by atoms with Gasteiger partial charge in [0.15, 0.2) is 12.4 Å². The number of hydrogen-bond donors (Lipinski definition) is 1. The van der Waals surface area contributed by atoms with Gasteiger partial charge in [-0.2, -0.15) is 0 Å². The number of carbonyl (C=O) groups is 3. The van der Waals surface area contributed by atoms with Crippen LogP contribution < -0.4 is 5.32 Å². The standard InChI is InChI=1S/C19H19N3O4S/c1-12(23)13-9-15(22(2)10-13)19(25)26-11-17(24)20-8-7-18-21-14-5-3-4-6-16(14)27-18/h3-6,9-10H,7-8,11H2,1-2H3,(H,20,24). The number of nitrogens with one attached hydrogen (secondary N) is 1. The predicted octanol–water partition coefficient (Wildman–Crippen LogP) is 2.35. The quantitative estimate of drug-likeness (QED) is 0.498. The third kappa shape index (κ3) is 4.59. The van der Waals surface area contributed by atoms with Gasteiger partial charge in [-0.15, -0.1) is 11.3 Å². The van der Waals surface area contributed by atoms with Crippen LogP contribution in [0.1, 0.15) is 32.8 Å². The number of aryl methyl sites for hydroxylation is 1. The number of ether oxygens (including phenoxy) is 1. The summed E-state index contributed by atoms with van der Waals surface area (Å²) >= 11 is 1.59. The number of aromatic nitrogens is 2. The van der Waals surface area contributed by atoms with Crippen molar-refractivity contribution in [3.05, 3.63) is 52.8 Å². The van der Waals surface area contributed by atoms with Crippen LogP contribution in [0.2, 0.25) is 0 Å². The molecule has 0 aliphatic heterocycles. The number of benzene rings is 1. The van der Waals surface area contributed by atoms with Gasteiger partial charge in [0, 0.05) is 31.8 Å². The van der Waals surface area contributed by atoms with Crippen molar-refractivity contribution in [1.29, 1.82) is 0 Å².